The van der Waals surface area contributed by atoms with Crippen molar-refractivity contribution in [2.75, 3.05) is 6.61 Å². The summed E-state index contributed by atoms with van der Waals surface area (Å²) in [7, 11) is 0. The van der Waals surface area contributed by atoms with Crippen LogP contribution < -0.4 is 10.9 Å². The highest BCUT2D eigenvalue weighted by Gasteiger charge is 2.13. The summed E-state index contributed by atoms with van der Waals surface area (Å²) in [5.74, 6) is -2.28. The van der Waals surface area contributed by atoms with Crippen molar-refractivity contribution in [2.45, 2.75) is 12.8 Å². The molecule has 146 valence electrons. The monoisotopic (exact) mass is 422 g/mol. The zero-order valence-corrected chi connectivity index (χ0v) is 16.0. The van der Waals surface area contributed by atoms with Crippen LogP contribution in [0.5, 0.6) is 0 Å². The molecule has 0 aliphatic carbocycles. The van der Waals surface area contributed by atoms with Gasteiger partial charge in [-0.05, 0) is 36.4 Å². The molecule has 0 radical (unpaired) electrons. The van der Waals surface area contributed by atoms with Crippen molar-refractivity contribution in [1.29, 1.82) is 0 Å². The van der Waals surface area contributed by atoms with E-state index in [-0.39, 0.29) is 29.2 Å². The number of amides is 2. The fourth-order valence-electron chi connectivity index (χ4n) is 2.05. The van der Waals surface area contributed by atoms with Crippen LogP contribution in [-0.2, 0) is 14.3 Å². The van der Waals surface area contributed by atoms with E-state index in [9.17, 15) is 19.2 Å². The van der Waals surface area contributed by atoms with Gasteiger partial charge in [-0.15, -0.1) is 0 Å². The summed E-state index contributed by atoms with van der Waals surface area (Å²) in [6, 6.07) is 12.5. The van der Waals surface area contributed by atoms with Crippen LogP contribution in [0.3, 0.4) is 0 Å². The van der Waals surface area contributed by atoms with E-state index >= 15 is 0 Å². The Labute approximate surface area is 170 Å². The fraction of sp³-hybridized carbons (Fsp3) is 0.158. The predicted molar refractivity (Wildman–Crippen MR) is 103 cm³/mol. The SMILES string of the molecule is O=C(CCC(=O)OCC(=O)c1ccc(Cl)cc1)NNC(=O)c1ccccc1Cl. The molecule has 0 aliphatic rings. The molecule has 0 fully saturated rings. The second-order valence-corrected chi connectivity index (χ2v) is 6.42. The number of carbonyl (C=O) groups excluding carboxylic acids is 4. The number of ether oxygens (including phenoxy) is 1. The molecule has 0 saturated heterocycles. The minimum absolute atomic E-state index is 0.199. The van der Waals surface area contributed by atoms with Gasteiger partial charge in [0.1, 0.15) is 0 Å². The summed E-state index contributed by atoms with van der Waals surface area (Å²) < 4.78 is 4.84. The van der Waals surface area contributed by atoms with Gasteiger partial charge in [0.05, 0.1) is 17.0 Å². The van der Waals surface area contributed by atoms with E-state index < -0.39 is 24.4 Å². The number of Topliss-reactive ketones (excluding diaryl/α,β-unsaturated/α-hetero) is 1. The Hall–Kier alpha value is -2.90. The van der Waals surface area contributed by atoms with Gasteiger partial charge < -0.3 is 4.74 Å². The highest BCUT2D eigenvalue weighted by molar-refractivity contribution is 6.33. The van der Waals surface area contributed by atoms with Gasteiger partial charge in [-0.1, -0.05) is 35.3 Å². The van der Waals surface area contributed by atoms with Gasteiger partial charge in [-0.2, -0.15) is 0 Å². The Morgan fingerprint density at radius 1 is 0.857 bits per heavy atom. The van der Waals surface area contributed by atoms with Crippen molar-refractivity contribution >= 4 is 46.8 Å². The van der Waals surface area contributed by atoms with E-state index in [1.165, 1.54) is 18.2 Å². The topological polar surface area (TPSA) is 102 Å². The summed E-state index contributed by atoms with van der Waals surface area (Å²) in [5.41, 5.74) is 4.93. The summed E-state index contributed by atoms with van der Waals surface area (Å²) >= 11 is 11.6. The second-order valence-electron chi connectivity index (χ2n) is 5.57. The maximum absolute atomic E-state index is 11.9. The molecule has 0 saturated carbocycles. The zero-order valence-electron chi connectivity index (χ0n) is 14.5. The first-order chi connectivity index (χ1) is 13.4. The summed E-state index contributed by atoms with van der Waals surface area (Å²) in [5, 5.41) is 0.726. The number of halogens is 2. The van der Waals surface area contributed by atoms with E-state index in [1.807, 2.05) is 0 Å². The van der Waals surface area contributed by atoms with E-state index in [2.05, 4.69) is 10.9 Å². The summed E-state index contributed by atoms with van der Waals surface area (Å²) in [6.07, 6.45) is -0.474. The quantitative estimate of drug-likeness (QED) is 0.405. The Bertz CT molecular complexity index is 884. The standard InChI is InChI=1S/C19H16Cl2N2O5/c20-13-7-5-12(6-8-13)16(24)11-28-18(26)10-9-17(25)22-23-19(27)14-3-1-2-4-15(14)21/h1-8H,9-11H2,(H,22,25)(H,23,27). The molecule has 2 aromatic carbocycles. The molecular formula is C19H16Cl2N2O5. The first-order valence-electron chi connectivity index (χ1n) is 8.15. The van der Waals surface area contributed by atoms with Crippen molar-refractivity contribution < 1.29 is 23.9 Å². The van der Waals surface area contributed by atoms with Crippen LogP contribution in [0.4, 0.5) is 0 Å². The maximum Gasteiger partial charge on any atom is 0.306 e. The first kappa shape index (κ1) is 21.4. The Balaban J connectivity index is 1.68. The molecule has 0 atom stereocenters. The molecule has 2 aromatic rings. The summed E-state index contributed by atoms with van der Waals surface area (Å²) in [4.78, 5) is 47.1. The van der Waals surface area contributed by atoms with Crippen LogP contribution in [0.25, 0.3) is 0 Å². The van der Waals surface area contributed by atoms with Gasteiger partial charge in [0.15, 0.2) is 12.4 Å². The molecule has 28 heavy (non-hydrogen) atoms. The molecule has 0 heterocycles. The van der Waals surface area contributed by atoms with Gasteiger partial charge in [0.2, 0.25) is 5.91 Å². The van der Waals surface area contributed by atoms with Crippen molar-refractivity contribution in [3.8, 4) is 0 Å². The normalized spacial score (nSPS) is 10.1. The molecule has 7 nitrogen and oxygen atoms in total. The number of ketones is 1. The minimum Gasteiger partial charge on any atom is -0.457 e. The van der Waals surface area contributed by atoms with Crippen LogP contribution in [0.2, 0.25) is 10.0 Å². The molecule has 2 rings (SSSR count). The first-order valence-corrected chi connectivity index (χ1v) is 8.90. The number of hydrogen-bond acceptors (Lipinski definition) is 5. The van der Waals surface area contributed by atoms with Crippen molar-refractivity contribution in [3.63, 3.8) is 0 Å². The van der Waals surface area contributed by atoms with Crippen molar-refractivity contribution in [3.05, 3.63) is 69.7 Å². The zero-order chi connectivity index (χ0) is 20.5. The highest BCUT2D eigenvalue weighted by atomic mass is 35.5. The average molecular weight is 423 g/mol. The third kappa shape index (κ3) is 6.68. The Kier molecular flexibility index (Phi) is 7.98. The number of carbonyl (C=O) groups is 4. The molecule has 0 unspecified atom stereocenters. The average Bonchev–Trinajstić information content (AvgIpc) is 2.69. The smallest absolute Gasteiger partial charge is 0.306 e. The number of hydrazine groups is 1. The molecule has 9 heteroatoms. The lowest BCUT2D eigenvalue weighted by molar-refractivity contribution is -0.143. The molecule has 2 amide bonds. The molecule has 0 bridgehead atoms. The van der Waals surface area contributed by atoms with Crippen LogP contribution in [0.15, 0.2) is 48.5 Å². The molecule has 0 aliphatic heterocycles. The number of benzene rings is 2. The third-order valence-electron chi connectivity index (χ3n) is 3.52. The summed E-state index contributed by atoms with van der Waals surface area (Å²) in [6.45, 7) is -0.439. The largest absolute Gasteiger partial charge is 0.457 e. The second kappa shape index (κ2) is 10.4. The molecule has 0 spiro atoms. The van der Waals surface area contributed by atoms with Gasteiger partial charge in [-0.3, -0.25) is 30.0 Å². The van der Waals surface area contributed by atoms with Crippen molar-refractivity contribution in [1.82, 2.24) is 10.9 Å². The molecule has 2 N–H and O–H groups in total. The number of esters is 1. The number of rotatable bonds is 7. The predicted octanol–water partition coefficient (Wildman–Crippen LogP) is 2.96. The van der Waals surface area contributed by atoms with Gasteiger partial charge in [0, 0.05) is 17.0 Å². The lowest BCUT2D eigenvalue weighted by atomic mass is 10.1. The Morgan fingerprint density at radius 2 is 1.54 bits per heavy atom. The highest BCUT2D eigenvalue weighted by Crippen LogP contribution is 2.14. The van der Waals surface area contributed by atoms with E-state index in [0.29, 0.717) is 10.6 Å². The lowest BCUT2D eigenvalue weighted by Gasteiger charge is -2.08. The Morgan fingerprint density at radius 3 is 2.21 bits per heavy atom. The molecule has 0 aromatic heterocycles. The van der Waals surface area contributed by atoms with E-state index in [0.717, 1.165) is 0 Å². The van der Waals surface area contributed by atoms with Crippen LogP contribution in [-0.4, -0.2) is 30.2 Å². The van der Waals surface area contributed by atoms with Gasteiger partial charge in [-0.25, -0.2) is 0 Å². The lowest BCUT2D eigenvalue weighted by Crippen LogP contribution is -2.41. The number of nitrogens with one attached hydrogen (secondary N) is 2. The van der Waals surface area contributed by atoms with Gasteiger partial charge in [0.25, 0.3) is 5.91 Å². The third-order valence-corrected chi connectivity index (χ3v) is 4.10. The number of hydrogen-bond donors (Lipinski definition) is 2. The van der Waals surface area contributed by atoms with E-state index in [1.54, 1.807) is 30.3 Å². The minimum atomic E-state index is -0.713. The maximum atomic E-state index is 11.9. The fourth-order valence-corrected chi connectivity index (χ4v) is 2.40. The van der Waals surface area contributed by atoms with Crippen molar-refractivity contribution in [2.24, 2.45) is 0 Å². The van der Waals surface area contributed by atoms with Crippen LogP contribution in [0, 0.1) is 0 Å². The van der Waals surface area contributed by atoms with Gasteiger partial charge >= 0.3 is 5.97 Å². The van der Waals surface area contributed by atoms with Crippen LogP contribution >= 0.6 is 23.2 Å². The van der Waals surface area contributed by atoms with Crippen LogP contribution in [0.1, 0.15) is 33.6 Å². The van der Waals surface area contributed by atoms with E-state index in [4.69, 9.17) is 27.9 Å². The molecular weight excluding hydrogens is 407 g/mol.